The van der Waals surface area contributed by atoms with Crippen molar-refractivity contribution < 1.29 is 4.79 Å². The number of fused-ring (bicyclic) bond motifs is 1. The van der Waals surface area contributed by atoms with Crippen molar-refractivity contribution >= 4 is 5.78 Å². The number of aromatic amines is 1. The predicted octanol–water partition coefficient (Wildman–Crippen LogP) is 2.04. The van der Waals surface area contributed by atoms with Crippen molar-refractivity contribution in [3.63, 3.8) is 0 Å². The molecular formula is C13H16N4O. The van der Waals surface area contributed by atoms with Crippen LogP contribution in [0.3, 0.4) is 0 Å². The molecule has 2 heterocycles. The largest absolute Gasteiger partial charge is 0.338 e. The summed E-state index contributed by atoms with van der Waals surface area (Å²) in [5, 5.41) is 6.80. The third-order valence-corrected chi connectivity index (χ3v) is 3.67. The van der Waals surface area contributed by atoms with E-state index in [9.17, 15) is 4.79 Å². The van der Waals surface area contributed by atoms with Gasteiger partial charge in [-0.05, 0) is 32.8 Å². The van der Waals surface area contributed by atoms with Gasteiger partial charge >= 0.3 is 0 Å². The van der Waals surface area contributed by atoms with E-state index >= 15 is 0 Å². The zero-order valence-electron chi connectivity index (χ0n) is 10.6. The lowest BCUT2D eigenvalue weighted by Crippen LogP contribution is -2.17. The van der Waals surface area contributed by atoms with Gasteiger partial charge in [-0.3, -0.25) is 9.89 Å². The average Bonchev–Trinajstić information content (AvgIpc) is 2.96. The molecular weight excluding hydrogens is 228 g/mol. The number of aryl methyl sites for hydroxylation is 1. The van der Waals surface area contributed by atoms with E-state index in [1.807, 2.05) is 13.0 Å². The van der Waals surface area contributed by atoms with E-state index < -0.39 is 0 Å². The number of Topliss-reactive ketones (excluding diaryl/α,β-unsaturated/α-hetero) is 1. The van der Waals surface area contributed by atoms with Gasteiger partial charge in [-0.15, -0.1) is 0 Å². The van der Waals surface area contributed by atoms with Gasteiger partial charge in [-0.2, -0.15) is 5.10 Å². The van der Waals surface area contributed by atoms with Crippen LogP contribution in [-0.4, -0.2) is 25.5 Å². The van der Waals surface area contributed by atoms with E-state index in [1.54, 1.807) is 0 Å². The molecule has 1 aliphatic carbocycles. The van der Waals surface area contributed by atoms with Crippen LogP contribution in [0.1, 0.15) is 53.4 Å². The maximum Gasteiger partial charge on any atom is 0.164 e. The van der Waals surface area contributed by atoms with Crippen molar-refractivity contribution in [3.8, 4) is 0 Å². The molecule has 1 unspecified atom stereocenters. The number of aromatic nitrogens is 4. The van der Waals surface area contributed by atoms with Gasteiger partial charge in [0.1, 0.15) is 12.2 Å². The van der Waals surface area contributed by atoms with E-state index in [1.165, 1.54) is 6.33 Å². The predicted molar refractivity (Wildman–Crippen MR) is 66.6 cm³/mol. The second-order valence-electron chi connectivity index (χ2n) is 4.84. The van der Waals surface area contributed by atoms with Gasteiger partial charge < -0.3 is 4.57 Å². The highest BCUT2D eigenvalue weighted by Crippen LogP contribution is 2.29. The first-order chi connectivity index (χ1) is 8.68. The molecule has 5 nitrogen and oxygen atoms in total. The van der Waals surface area contributed by atoms with Crippen molar-refractivity contribution in [2.45, 2.75) is 39.2 Å². The van der Waals surface area contributed by atoms with Gasteiger partial charge in [-0.1, -0.05) is 0 Å². The normalized spacial score (nSPS) is 16.7. The summed E-state index contributed by atoms with van der Waals surface area (Å²) in [5.41, 5.74) is 3.15. The summed E-state index contributed by atoms with van der Waals surface area (Å²) in [6.45, 7) is 4.12. The van der Waals surface area contributed by atoms with Crippen LogP contribution in [0.2, 0.25) is 0 Å². The summed E-state index contributed by atoms with van der Waals surface area (Å²) >= 11 is 0. The summed E-state index contributed by atoms with van der Waals surface area (Å²) in [4.78, 5) is 16.1. The van der Waals surface area contributed by atoms with Crippen molar-refractivity contribution in [2.24, 2.45) is 0 Å². The van der Waals surface area contributed by atoms with Gasteiger partial charge in [0.15, 0.2) is 5.78 Å². The van der Waals surface area contributed by atoms with Crippen LogP contribution >= 0.6 is 0 Å². The van der Waals surface area contributed by atoms with Crippen LogP contribution in [0.25, 0.3) is 0 Å². The molecule has 0 spiro atoms. The maximum atomic E-state index is 11.9. The third kappa shape index (κ3) is 1.58. The number of rotatable bonds is 2. The van der Waals surface area contributed by atoms with Crippen LogP contribution in [0.5, 0.6) is 0 Å². The zero-order chi connectivity index (χ0) is 12.7. The Bertz CT molecular complexity index is 582. The first-order valence-corrected chi connectivity index (χ1v) is 6.27. The lowest BCUT2D eigenvalue weighted by atomic mass is 9.96. The Hall–Kier alpha value is -1.91. The molecule has 0 aliphatic heterocycles. The molecule has 0 aromatic carbocycles. The van der Waals surface area contributed by atoms with Crippen LogP contribution < -0.4 is 0 Å². The fourth-order valence-electron chi connectivity index (χ4n) is 2.83. The minimum atomic E-state index is 0.0853. The highest BCUT2D eigenvalue weighted by atomic mass is 16.1. The summed E-state index contributed by atoms with van der Waals surface area (Å²) in [6, 6.07) is 2.09. The zero-order valence-corrected chi connectivity index (χ0v) is 10.6. The Morgan fingerprint density at radius 3 is 3.00 bits per heavy atom. The number of carbonyl (C=O) groups excluding carboxylic acids is 1. The fraction of sp³-hybridized carbons (Fsp3) is 0.462. The molecule has 18 heavy (non-hydrogen) atoms. The number of hydrogen-bond donors (Lipinski definition) is 1. The molecule has 0 fully saturated rings. The van der Waals surface area contributed by atoms with Crippen LogP contribution in [0.4, 0.5) is 0 Å². The van der Waals surface area contributed by atoms with Crippen molar-refractivity contribution in [3.05, 3.63) is 35.2 Å². The highest BCUT2D eigenvalue weighted by molar-refractivity contribution is 5.98. The summed E-state index contributed by atoms with van der Waals surface area (Å²) < 4.78 is 2.20. The quantitative estimate of drug-likeness (QED) is 0.879. The van der Waals surface area contributed by atoms with Crippen LogP contribution in [0, 0.1) is 6.92 Å². The van der Waals surface area contributed by atoms with Crippen molar-refractivity contribution in [2.75, 3.05) is 0 Å². The molecule has 94 valence electrons. The smallest absolute Gasteiger partial charge is 0.164 e. The molecule has 1 N–H and O–H groups in total. The molecule has 0 saturated carbocycles. The lowest BCUT2D eigenvalue weighted by Gasteiger charge is -2.20. The van der Waals surface area contributed by atoms with Gasteiger partial charge in [0.05, 0.1) is 6.04 Å². The molecule has 0 bridgehead atoms. The van der Waals surface area contributed by atoms with E-state index in [0.717, 1.165) is 35.6 Å². The average molecular weight is 244 g/mol. The topological polar surface area (TPSA) is 63.6 Å². The van der Waals surface area contributed by atoms with E-state index in [0.29, 0.717) is 6.42 Å². The van der Waals surface area contributed by atoms with Crippen LogP contribution in [-0.2, 0) is 6.42 Å². The summed E-state index contributed by atoms with van der Waals surface area (Å²) in [6.07, 6.45) is 4.10. The molecule has 2 aromatic heterocycles. The Morgan fingerprint density at radius 1 is 1.44 bits per heavy atom. The van der Waals surface area contributed by atoms with Gasteiger partial charge in [0, 0.05) is 23.4 Å². The second-order valence-corrected chi connectivity index (χ2v) is 4.84. The summed E-state index contributed by atoms with van der Waals surface area (Å²) in [7, 11) is 0. The van der Waals surface area contributed by atoms with Gasteiger partial charge in [-0.25, -0.2) is 4.98 Å². The van der Waals surface area contributed by atoms with E-state index in [2.05, 4.69) is 26.7 Å². The highest BCUT2D eigenvalue weighted by Gasteiger charge is 2.25. The molecule has 3 rings (SSSR count). The molecule has 0 saturated heterocycles. The number of nitrogens with one attached hydrogen (secondary N) is 1. The van der Waals surface area contributed by atoms with Crippen LogP contribution in [0.15, 0.2) is 12.4 Å². The standard InChI is InChI=1S/C13H16N4O/c1-8-6-10-11(4-3-5-12(10)18)17(8)9(2)13-14-7-15-16-13/h6-7,9H,3-5H2,1-2H3,(H,14,15,16). The lowest BCUT2D eigenvalue weighted by molar-refractivity contribution is 0.0971. The maximum absolute atomic E-state index is 11.9. The minimum absolute atomic E-state index is 0.0853. The Morgan fingerprint density at radius 2 is 2.28 bits per heavy atom. The summed E-state index contributed by atoms with van der Waals surface area (Å²) in [5.74, 6) is 1.09. The molecule has 5 heteroatoms. The van der Waals surface area contributed by atoms with Crippen molar-refractivity contribution in [1.82, 2.24) is 19.7 Å². The SMILES string of the molecule is Cc1cc2c(n1C(C)c1ncn[nH]1)CCCC2=O. The molecule has 1 atom stereocenters. The number of ketones is 1. The Kier molecular flexibility index (Phi) is 2.54. The van der Waals surface area contributed by atoms with Gasteiger partial charge in [0.25, 0.3) is 0 Å². The second kappa shape index (κ2) is 4.08. The minimum Gasteiger partial charge on any atom is -0.338 e. The molecule has 0 radical (unpaired) electrons. The van der Waals surface area contributed by atoms with Crippen molar-refractivity contribution in [1.29, 1.82) is 0 Å². The third-order valence-electron chi connectivity index (χ3n) is 3.67. The first-order valence-electron chi connectivity index (χ1n) is 6.27. The number of hydrogen-bond acceptors (Lipinski definition) is 3. The van der Waals surface area contributed by atoms with E-state index in [-0.39, 0.29) is 11.8 Å². The Labute approximate surface area is 105 Å². The monoisotopic (exact) mass is 244 g/mol. The number of nitrogens with zero attached hydrogens (tertiary/aromatic N) is 3. The first kappa shape index (κ1) is 11.2. The van der Waals surface area contributed by atoms with E-state index in [4.69, 9.17) is 0 Å². The molecule has 1 aliphatic rings. The Balaban J connectivity index is 2.10. The fourth-order valence-corrected chi connectivity index (χ4v) is 2.83. The number of H-pyrrole nitrogens is 1. The number of carbonyl (C=O) groups is 1. The van der Waals surface area contributed by atoms with Gasteiger partial charge in [0.2, 0.25) is 0 Å². The molecule has 0 amide bonds. The molecule has 2 aromatic rings.